The van der Waals surface area contributed by atoms with Gasteiger partial charge in [0.05, 0.1) is 0 Å². The number of amidine groups is 1. The molecule has 90 valence electrons. The first-order chi connectivity index (χ1) is 6.93. The minimum Gasteiger partial charge on any atom is -0.409 e. The molecule has 0 saturated carbocycles. The highest BCUT2D eigenvalue weighted by Crippen LogP contribution is 2.29. The monoisotopic (exact) mass is 244 g/mol. The van der Waals surface area contributed by atoms with Crippen LogP contribution in [0, 0.1) is 5.92 Å². The number of halogens is 3. The molecule has 0 saturated heterocycles. The number of rotatable bonds is 6. The van der Waals surface area contributed by atoms with Gasteiger partial charge in [0.1, 0.15) is 5.92 Å². The molecule has 15 heavy (non-hydrogen) atoms. The summed E-state index contributed by atoms with van der Waals surface area (Å²) in [6.45, 7) is 1.96. The van der Waals surface area contributed by atoms with Crippen LogP contribution in [-0.4, -0.2) is 28.7 Å². The van der Waals surface area contributed by atoms with Crippen LogP contribution in [0.1, 0.15) is 19.8 Å². The average molecular weight is 244 g/mol. The van der Waals surface area contributed by atoms with Crippen LogP contribution in [0.2, 0.25) is 0 Å². The number of unbranched alkanes of at least 4 members (excludes halogenated alkanes) is 1. The zero-order chi connectivity index (χ0) is 11.9. The molecule has 0 aromatic carbocycles. The second-order valence-corrected chi connectivity index (χ2v) is 4.20. The van der Waals surface area contributed by atoms with Crippen LogP contribution < -0.4 is 5.73 Å². The maximum atomic E-state index is 12.4. The number of hydrogen-bond donors (Lipinski definition) is 2. The van der Waals surface area contributed by atoms with E-state index >= 15 is 0 Å². The van der Waals surface area contributed by atoms with Crippen molar-refractivity contribution in [2.24, 2.45) is 16.8 Å². The van der Waals surface area contributed by atoms with E-state index in [2.05, 4.69) is 5.16 Å². The van der Waals surface area contributed by atoms with Crippen LogP contribution in [-0.2, 0) is 0 Å². The van der Waals surface area contributed by atoms with E-state index in [9.17, 15) is 13.2 Å². The minimum absolute atomic E-state index is 0.195. The first-order valence-electron chi connectivity index (χ1n) is 4.55. The highest BCUT2D eigenvalue weighted by molar-refractivity contribution is 7.99. The van der Waals surface area contributed by atoms with Crippen molar-refractivity contribution in [1.29, 1.82) is 0 Å². The van der Waals surface area contributed by atoms with E-state index in [1.165, 1.54) is 0 Å². The number of nitrogens with zero attached hydrogens (tertiary/aromatic N) is 1. The second-order valence-electron chi connectivity index (χ2n) is 3.05. The van der Waals surface area contributed by atoms with Crippen molar-refractivity contribution in [3.05, 3.63) is 0 Å². The summed E-state index contributed by atoms with van der Waals surface area (Å²) in [5.41, 5.74) is 4.98. The van der Waals surface area contributed by atoms with Crippen molar-refractivity contribution in [2.45, 2.75) is 25.9 Å². The Kier molecular flexibility index (Phi) is 6.55. The predicted octanol–water partition coefficient (Wildman–Crippen LogP) is 2.44. The SMILES string of the molecule is CCCCSCC(C(N)=NO)C(F)(F)F. The van der Waals surface area contributed by atoms with Gasteiger partial charge in [-0.1, -0.05) is 18.5 Å². The molecule has 1 unspecified atom stereocenters. The van der Waals surface area contributed by atoms with Crippen molar-refractivity contribution in [3.63, 3.8) is 0 Å². The Morgan fingerprint density at radius 3 is 2.53 bits per heavy atom. The molecular formula is C8H15F3N2OS. The Hall–Kier alpha value is -0.590. The summed E-state index contributed by atoms with van der Waals surface area (Å²) < 4.78 is 37.1. The molecule has 1 atom stereocenters. The first-order valence-corrected chi connectivity index (χ1v) is 5.70. The van der Waals surface area contributed by atoms with Gasteiger partial charge in [-0.15, -0.1) is 0 Å². The predicted molar refractivity (Wildman–Crippen MR) is 55.2 cm³/mol. The fraction of sp³-hybridized carbons (Fsp3) is 0.875. The van der Waals surface area contributed by atoms with Crippen molar-refractivity contribution in [2.75, 3.05) is 11.5 Å². The maximum absolute atomic E-state index is 12.4. The van der Waals surface area contributed by atoms with Gasteiger partial charge in [-0.05, 0) is 12.2 Å². The zero-order valence-corrected chi connectivity index (χ0v) is 9.24. The molecule has 0 fully saturated rings. The van der Waals surface area contributed by atoms with Crippen LogP contribution in [0.4, 0.5) is 13.2 Å². The van der Waals surface area contributed by atoms with Crippen LogP contribution in [0.3, 0.4) is 0 Å². The fourth-order valence-corrected chi connectivity index (χ4v) is 2.12. The van der Waals surface area contributed by atoms with Gasteiger partial charge in [0.15, 0.2) is 5.84 Å². The lowest BCUT2D eigenvalue weighted by molar-refractivity contribution is -0.150. The van der Waals surface area contributed by atoms with E-state index in [1.54, 1.807) is 0 Å². The summed E-state index contributed by atoms with van der Waals surface area (Å²) in [7, 11) is 0. The Bertz CT molecular complexity index is 209. The molecule has 0 aromatic heterocycles. The van der Waals surface area contributed by atoms with E-state index in [-0.39, 0.29) is 5.75 Å². The number of thioether (sulfide) groups is 1. The number of hydrogen-bond acceptors (Lipinski definition) is 3. The normalized spacial score (nSPS) is 15.3. The van der Waals surface area contributed by atoms with Gasteiger partial charge in [-0.3, -0.25) is 0 Å². The maximum Gasteiger partial charge on any atom is 0.399 e. The lowest BCUT2D eigenvalue weighted by atomic mass is 10.1. The van der Waals surface area contributed by atoms with Gasteiger partial charge < -0.3 is 10.9 Å². The molecule has 0 rings (SSSR count). The standard InChI is InChI=1S/C8H15F3N2OS/c1-2-3-4-15-5-6(7(12)13-14)8(9,10)11/h6,14H,2-5H2,1H3,(H2,12,13). The third-order valence-corrected chi connectivity index (χ3v) is 2.94. The molecule has 0 aliphatic carbocycles. The fourth-order valence-electron chi connectivity index (χ4n) is 0.865. The van der Waals surface area contributed by atoms with Gasteiger partial charge in [-0.25, -0.2) is 0 Å². The Morgan fingerprint density at radius 2 is 2.13 bits per heavy atom. The van der Waals surface area contributed by atoms with Crippen LogP contribution in [0.5, 0.6) is 0 Å². The number of alkyl halides is 3. The lowest BCUT2D eigenvalue weighted by Gasteiger charge is -2.18. The highest BCUT2D eigenvalue weighted by Gasteiger charge is 2.42. The lowest BCUT2D eigenvalue weighted by Crippen LogP contribution is -2.37. The van der Waals surface area contributed by atoms with Crippen LogP contribution in [0.25, 0.3) is 0 Å². The second kappa shape index (κ2) is 6.81. The summed E-state index contributed by atoms with van der Waals surface area (Å²) >= 11 is 1.16. The van der Waals surface area contributed by atoms with Crippen molar-refractivity contribution >= 4 is 17.6 Å². The molecule has 0 aromatic rings. The van der Waals surface area contributed by atoms with Crippen molar-refractivity contribution in [3.8, 4) is 0 Å². The van der Waals surface area contributed by atoms with E-state index in [0.29, 0.717) is 5.75 Å². The summed E-state index contributed by atoms with van der Waals surface area (Å²) in [6, 6.07) is 0. The van der Waals surface area contributed by atoms with Crippen LogP contribution >= 0.6 is 11.8 Å². The molecule has 0 radical (unpaired) electrons. The van der Waals surface area contributed by atoms with Crippen LogP contribution in [0.15, 0.2) is 5.16 Å². The Morgan fingerprint density at radius 1 is 1.53 bits per heavy atom. The van der Waals surface area contributed by atoms with E-state index < -0.39 is 17.9 Å². The number of oxime groups is 1. The zero-order valence-electron chi connectivity index (χ0n) is 8.42. The quantitative estimate of drug-likeness (QED) is 0.248. The van der Waals surface area contributed by atoms with E-state index in [4.69, 9.17) is 10.9 Å². The van der Waals surface area contributed by atoms with Gasteiger partial charge in [-0.2, -0.15) is 24.9 Å². The van der Waals surface area contributed by atoms with Gasteiger partial charge in [0.25, 0.3) is 0 Å². The molecule has 0 amide bonds. The average Bonchev–Trinajstić information content (AvgIpc) is 2.15. The van der Waals surface area contributed by atoms with Gasteiger partial charge in [0.2, 0.25) is 0 Å². The van der Waals surface area contributed by atoms with E-state index in [1.807, 2.05) is 6.92 Å². The third kappa shape index (κ3) is 5.76. The molecule has 0 heterocycles. The van der Waals surface area contributed by atoms with Gasteiger partial charge in [0, 0.05) is 5.75 Å². The molecule has 0 bridgehead atoms. The minimum atomic E-state index is -4.45. The summed E-state index contributed by atoms with van der Waals surface area (Å²) in [5.74, 6) is -2.17. The first kappa shape index (κ1) is 14.4. The molecule has 0 aliphatic heterocycles. The Labute approximate surface area is 90.9 Å². The highest BCUT2D eigenvalue weighted by atomic mass is 32.2. The Balaban J connectivity index is 4.16. The molecular weight excluding hydrogens is 229 g/mol. The molecule has 3 N–H and O–H groups in total. The largest absolute Gasteiger partial charge is 0.409 e. The van der Waals surface area contributed by atoms with E-state index in [0.717, 1.165) is 24.6 Å². The molecule has 0 aliphatic rings. The summed E-state index contributed by atoms with van der Waals surface area (Å²) in [4.78, 5) is 0. The smallest absolute Gasteiger partial charge is 0.399 e. The molecule has 3 nitrogen and oxygen atoms in total. The third-order valence-electron chi connectivity index (χ3n) is 1.79. The topological polar surface area (TPSA) is 58.6 Å². The molecule has 7 heteroatoms. The van der Waals surface area contributed by atoms with Crippen molar-refractivity contribution < 1.29 is 18.4 Å². The molecule has 0 spiro atoms. The van der Waals surface area contributed by atoms with Gasteiger partial charge >= 0.3 is 6.18 Å². The number of nitrogens with two attached hydrogens (primary N) is 1. The summed E-state index contributed by atoms with van der Waals surface area (Å²) in [6.07, 6.45) is -2.64. The van der Waals surface area contributed by atoms with Crippen molar-refractivity contribution in [1.82, 2.24) is 0 Å². The summed E-state index contributed by atoms with van der Waals surface area (Å²) in [5, 5.41) is 10.6.